The summed E-state index contributed by atoms with van der Waals surface area (Å²) in [4.78, 5) is 16.8. The largest absolute Gasteiger partial charge is 0.368 e. The average molecular weight is 284 g/mol. The van der Waals surface area contributed by atoms with Gasteiger partial charge in [-0.2, -0.15) is 5.10 Å². The zero-order valence-electron chi connectivity index (χ0n) is 12.5. The number of carbonyl (C=O) groups is 1. The van der Waals surface area contributed by atoms with Gasteiger partial charge in [0, 0.05) is 44.6 Å². The summed E-state index contributed by atoms with van der Waals surface area (Å²) in [5, 5.41) is 4.15. The van der Waals surface area contributed by atoms with Crippen molar-refractivity contribution in [2.24, 2.45) is 7.05 Å². The molecular weight excluding hydrogens is 264 g/mol. The number of amides is 1. The molecule has 1 aromatic carbocycles. The third-order valence-electron chi connectivity index (χ3n) is 4.15. The zero-order valence-corrected chi connectivity index (χ0v) is 12.5. The first-order valence-corrected chi connectivity index (χ1v) is 7.24. The van der Waals surface area contributed by atoms with Crippen molar-refractivity contribution in [1.29, 1.82) is 0 Å². The molecule has 0 bridgehead atoms. The summed E-state index contributed by atoms with van der Waals surface area (Å²) in [6.45, 7) is 5.18. The third kappa shape index (κ3) is 2.63. The van der Waals surface area contributed by atoms with Gasteiger partial charge in [0.15, 0.2) is 0 Å². The third-order valence-corrected chi connectivity index (χ3v) is 4.15. The van der Waals surface area contributed by atoms with Crippen LogP contribution in [0.5, 0.6) is 0 Å². The molecule has 5 heteroatoms. The first kappa shape index (κ1) is 13.7. The highest BCUT2D eigenvalue weighted by atomic mass is 16.2. The van der Waals surface area contributed by atoms with Crippen LogP contribution in [0.25, 0.3) is 0 Å². The van der Waals surface area contributed by atoms with E-state index in [1.165, 1.54) is 5.69 Å². The number of rotatable bonds is 2. The van der Waals surface area contributed by atoms with Crippen LogP contribution in [-0.2, 0) is 7.05 Å². The van der Waals surface area contributed by atoms with Crippen molar-refractivity contribution in [2.75, 3.05) is 31.1 Å². The summed E-state index contributed by atoms with van der Waals surface area (Å²) in [6.07, 6.45) is 1.67. The molecule has 2 heterocycles. The standard InChI is InChI=1S/C16H20N4O/c1-13-15(12-17-18(13)2)16(21)20-10-8-19(9-11-20)14-6-4-3-5-7-14/h3-7,12H,8-11H2,1-2H3. The Morgan fingerprint density at radius 2 is 1.76 bits per heavy atom. The van der Waals surface area contributed by atoms with E-state index in [2.05, 4.69) is 22.1 Å². The Morgan fingerprint density at radius 3 is 2.33 bits per heavy atom. The van der Waals surface area contributed by atoms with E-state index < -0.39 is 0 Å². The number of para-hydroxylation sites is 1. The molecule has 5 nitrogen and oxygen atoms in total. The average Bonchev–Trinajstić information content (AvgIpc) is 2.87. The molecule has 1 fully saturated rings. The Hall–Kier alpha value is -2.30. The summed E-state index contributed by atoms with van der Waals surface area (Å²) in [6, 6.07) is 10.3. The van der Waals surface area contributed by atoms with Crippen LogP contribution in [0.4, 0.5) is 5.69 Å². The summed E-state index contributed by atoms with van der Waals surface area (Å²) >= 11 is 0. The van der Waals surface area contributed by atoms with E-state index in [1.54, 1.807) is 10.9 Å². The van der Waals surface area contributed by atoms with E-state index in [1.807, 2.05) is 37.1 Å². The van der Waals surface area contributed by atoms with Gasteiger partial charge in [-0.3, -0.25) is 9.48 Å². The monoisotopic (exact) mass is 284 g/mol. The number of piperazine rings is 1. The number of aryl methyl sites for hydroxylation is 1. The van der Waals surface area contributed by atoms with Crippen molar-refractivity contribution in [3.05, 3.63) is 47.8 Å². The molecule has 110 valence electrons. The minimum atomic E-state index is 0.0910. The summed E-state index contributed by atoms with van der Waals surface area (Å²) in [5.74, 6) is 0.0910. The molecule has 0 aliphatic carbocycles. The van der Waals surface area contributed by atoms with Gasteiger partial charge in [-0.25, -0.2) is 0 Å². The molecular formula is C16H20N4O. The Labute approximate surface area is 124 Å². The first-order valence-electron chi connectivity index (χ1n) is 7.24. The quantitative estimate of drug-likeness (QED) is 0.842. The molecule has 3 rings (SSSR count). The van der Waals surface area contributed by atoms with Crippen molar-refractivity contribution in [3.63, 3.8) is 0 Å². The van der Waals surface area contributed by atoms with Gasteiger partial charge < -0.3 is 9.80 Å². The van der Waals surface area contributed by atoms with Gasteiger partial charge in [-0.05, 0) is 19.1 Å². The fourth-order valence-corrected chi connectivity index (χ4v) is 2.69. The maximum atomic E-state index is 12.5. The lowest BCUT2D eigenvalue weighted by molar-refractivity contribution is 0.0746. The lowest BCUT2D eigenvalue weighted by atomic mass is 10.2. The van der Waals surface area contributed by atoms with Crippen molar-refractivity contribution < 1.29 is 4.79 Å². The lowest BCUT2D eigenvalue weighted by Crippen LogP contribution is -2.48. The van der Waals surface area contributed by atoms with Crippen LogP contribution in [-0.4, -0.2) is 46.8 Å². The van der Waals surface area contributed by atoms with Crippen LogP contribution in [0, 0.1) is 6.92 Å². The summed E-state index contributed by atoms with van der Waals surface area (Å²) in [7, 11) is 1.86. The molecule has 0 spiro atoms. The second-order valence-electron chi connectivity index (χ2n) is 5.38. The fraction of sp³-hybridized carbons (Fsp3) is 0.375. The Balaban J connectivity index is 1.66. The molecule has 1 aliphatic heterocycles. The number of anilines is 1. The van der Waals surface area contributed by atoms with Gasteiger partial charge in [-0.1, -0.05) is 18.2 Å². The van der Waals surface area contributed by atoms with Crippen molar-refractivity contribution in [3.8, 4) is 0 Å². The van der Waals surface area contributed by atoms with E-state index >= 15 is 0 Å². The molecule has 0 radical (unpaired) electrons. The molecule has 21 heavy (non-hydrogen) atoms. The van der Waals surface area contributed by atoms with Crippen LogP contribution < -0.4 is 4.90 Å². The van der Waals surface area contributed by atoms with E-state index in [-0.39, 0.29) is 5.91 Å². The normalized spacial score (nSPS) is 15.3. The predicted octanol–water partition coefficient (Wildman–Crippen LogP) is 1.69. The summed E-state index contributed by atoms with van der Waals surface area (Å²) in [5.41, 5.74) is 2.86. The minimum Gasteiger partial charge on any atom is -0.368 e. The maximum absolute atomic E-state index is 12.5. The van der Waals surface area contributed by atoms with Crippen LogP contribution in [0.1, 0.15) is 16.1 Å². The van der Waals surface area contributed by atoms with Gasteiger partial charge in [0.2, 0.25) is 0 Å². The van der Waals surface area contributed by atoms with Crippen LogP contribution in [0.2, 0.25) is 0 Å². The topological polar surface area (TPSA) is 41.4 Å². The smallest absolute Gasteiger partial charge is 0.257 e. The van der Waals surface area contributed by atoms with E-state index in [9.17, 15) is 4.79 Å². The zero-order chi connectivity index (χ0) is 14.8. The molecule has 1 aliphatic rings. The molecule has 0 unspecified atom stereocenters. The second-order valence-corrected chi connectivity index (χ2v) is 5.38. The fourth-order valence-electron chi connectivity index (χ4n) is 2.69. The molecule has 0 atom stereocenters. The molecule has 0 N–H and O–H groups in total. The van der Waals surface area contributed by atoms with Gasteiger partial charge >= 0.3 is 0 Å². The van der Waals surface area contributed by atoms with Gasteiger partial charge in [0.05, 0.1) is 11.8 Å². The SMILES string of the molecule is Cc1c(C(=O)N2CCN(c3ccccc3)CC2)cnn1C. The number of hydrogen-bond donors (Lipinski definition) is 0. The van der Waals surface area contributed by atoms with Crippen molar-refractivity contribution in [1.82, 2.24) is 14.7 Å². The maximum Gasteiger partial charge on any atom is 0.257 e. The minimum absolute atomic E-state index is 0.0910. The Bertz CT molecular complexity index is 627. The van der Waals surface area contributed by atoms with Crippen LogP contribution >= 0.6 is 0 Å². The van der Waals surface area contributed by atoms with Crippen LogP contribution in [0.15, 0.2) is 36.5 Å². The highest BCUT2D eigenvalue weighted by Crippen LogP contribution is 2.17. The number of aromatic nitrogens is 2. The summed E-state index contributed by atoms with van der Waals surface area (Å²) < 4.78 is 1.74. The second kappa shape index (κ2) is 5.60. The number of nitrogens with zero attached hydrogens (tertiary/aromatic N) is 4. The van der Waals surface area contributed by atoms with Crippen LogP contribution in [0.3, 0.4) is 0 Å². The van der Waals surface area contributed by atoms with Gasteiger partial charge in [0.1, 0.15) is 0 Å². The van der Waals surface area contributed by atoms with E-state index in [4.69, 9.17) is 0 Å². The molecule has 1 amide bonds. The molecule has 2 aromatic rings. The first-order chi connectivity index (χ1) is 10.2. The molecule has 1 aromatic heterocycles. The molecule has 0 saturated carbocycles. The highest BCUT2D eigenvalue weighted by molar-refractivity contribution is 5.95. The molecule has 1 saturated heterocycles. The Kier molecular flexibility index (Phi) is 3.64. The van der Waals surface area contributed by atoms with E-state index in [0.29, 0.717) is 5.56 Å². The highest BCUT2D eigenvalue weighted by Gasteiger charge is 2.24. The van der Waals surface area contributed by atoms with Crippen molar-refractivity contribution in [2.45, 2.75) is 6.92 Å². The van der Waals surface area contributed by atoms with Crippen molar-refractivity contribution >= 4 is 11.6 Å². The lowest BCUT2D eigenvalue weighted by Gasteiger charge is -2.36. The number of hydrogen-bond acceptors (Lipinski definition) is 3. The van der Waals surface area contributed by atoms with Gasteiger partial charge in [0.25, 0.3) is 5.91 Å². The number of benzene rings is 1. The Morgan fingerprint density at radius 1 is 1.10 bits per heavy atom. The van der Waals surface area contributed by atoms with Gasteiger partial charge in [-0.15, -0.1) is 0 Å². The van der Waals surface area contributed by atoms with E-state index in [0.717, 1.165) is 31.9 Å². The number of carbonyl (C=O) groups excluding carboxylic acids is 1. The predicted molar refractivity (Wildman–Crippen MR) is 82.5 cm³/mol.